The van der Waals surface area contributed by atoms with Crippen molar-refractivity contribution < 1.29 is 19.2 Å². The first-order valence-corrected chi connectivity index (χ1v) is 8.63. The van der Waals surface area contributed by atoms with Crippen LogP contribution >= 0.6 is 31.9 Å². The van der Waals surface area contributed by atoms with E-state index >= 15 is 0 Å². The molecule has 3 rings (SSSR count). The highest BCUT2D eigenvalue weighted by molar-refractivity contribution is 9.10. The molecule has 0 saturated carbocycles. The Labute approximate surface area is 162 Å². The summed E-state index contributed by atoms with van der Waals surface area (Å²) in [6.07, 6.45) is 1.10. The summed E-state index contributed by atoms with van der Waals surface area (Å²) in [5.74, 6) is -0.778. The van der Waals surface area contributed by atoms with Gasteiger partial charge in [-0.15, -0.1) is 0 Å². The van der Waals surface area contributed by atoms with E-state index in [-0.39, 0.29) is 27.2 Å². The number of nitrogens with one attached hydrogen (secondary N) is 1. The van der Waals surface area contributed by atoms with Crippen LogP contribution in [0, 0.1) is 10.1 Å². The topological polar surface area (TPSA) is 118 Å². The van der Waals surface area contributed by atoms with Gasteiger partial charge in [0.2, 0.25) is 0 Å². The zero-order valence-corrected chi connectivity index (χ0v) is 15.9. The molecule has 2 aromatic carbocycles. The highest BCUT2D eigenvalue weighted by Crippen LogP contribution is 2.31. The fourth-order valence-corrected chi connectivity index (χ4v) is 2.99. The van der Waals surface area contributed by atoms with Gasteiger partial charge in [-0.25, -0.2) is 5.43 Å². The second-order valence-electron chi connectivity index (χ2n) is 5.11. The van der Waals surface area contributed by atoms with Crippen LogP contribution in [-0.4, -0.2) is 22.2 Å². The van der Waals surface area contributed by atoms with E-state index in [0.717, 1.165) is 28.2 Å². The van der Waals surface area contributed by atoms with Crippen molar-refractivity contribution in [1.82, 2.24) is 5.43 Å². The van der Waals surface area contributed by atoms with Gasteiger partial charge in [-0.05, 0) is 40.2 Å². The molecule has 1 heterocycles. The Morgan fingerprint density at radius 3 is 2.77 bits per heavy atom. The SMILES string of the molecule is O=C(N/N=C/c1cc([N+](=O)[O-])cc(Br)c1O)c1cc2cc(Br)ccc2o1. The Kier molecular flexibility index (Phi) is 5.05. The summed E-state index contributed by atoms with van der Waals surface area (Å²) in [4.78, 5) is 22.4. The molecule has 0 saturated heterocycles. The molecule has 3 aromatic rings. The molecule has 0 bridgehead atoms. The molecular formula is C16H9Br2N3O5. The highest BCUT2D eigenvalue weighted by Gasteiger charge is 2.14. The monoisotopic (exact) mass is 481 g/mol. The summed E-state index contributed by atoms with van der Waals surface area (Å²) in [7, 11) is 0. The maximum absolute atomic E-state index is 12.1. The molecule has 0 aliphatic rings. The zero-order valence-electron chi connectivity index (χ0n) is 12.8. The molecule has 0 aliphatic heterocycles. The van der Waals surface area contributed by atoms with Crippen molar-refractivity contribution in [3.63, 3.8) is 0 Å². The Balaban J connectivity index is 1.79. The summed E-state index contributed by atoms with van der Waals surface area (Å²) >= 11 is 6.36. The number of nitro benzene ring substituents is 1. The van der Waals surface area contributed by atoms with Gasteiger partial charge in [-0.3, -0.25) is 14.9 Å². The number of furan rings is 1. The van der Waals surface area contributed by atoms with Crippen molar-refractivity contribution in [3.05, 3.63) is 66.8 Å². The van der Waals surface area contributed by atoms with Gasteiger partial charge in [0.15, 0.2) is 5.76 Å². The van der Waals surface area contributed by atoms with Crippen LogP contribution in [0.1, 0.15) is 16.1 Å². The predicted octanol–water partition coefficient (Wildman–Crippen LogP) is 4.34. The molecule has 0 fully saturated rings. The van der Waals surface area contributed by atoms with E-state index in [1.807, 2.05) is 0 Å². The van der Waals surface area contributed by atoms with E-state index in [0.29, 0.717) is 5.58 Å². The Morgan fingerprint density at radius 2 is 2.04 bits per heavy atom. The van der Waals surface area contributed by atoms with Crippen molar-refractivity contribution in [1.29, 1.82) is 0 Å². The standard InChI is InChI=1S/C16H9Br2N3O5/c17-10-1-2-13-8(3-10)5-14(26-13)16(23)20-19-7-9-4-11(21(24)25)6-12(18)15(9)22/h1-7,22H,(H,20,23)/b19-7+. The van der Waals surface area contributed by atoms with Gasteiger partial charge >= 0.3 is 5.91 Å². The summed E-state index contributed by atoms with van der Waals surface area (Å²) in [5.41, 5.74) is 2.63. The van der Waals surface area contributed by atoms with E-state index in [4.69, 9.17) is 4.42 Å². The Bertz CT molecular complexity index is 1060. The molecular weight excluding hydrogens is 474 g/mol. The number of non-ortho nitro benzene ring substituents is 1. The number of hydrogen-bond acceptors (Lipinski definition) is 6. The molecule has 0 unspecified atom stereocenters. The van der Waals surface area contributed by atoms with Crippen molar-refractivity contribution in [3.8, 4) is 5.75 Å². The number of benzene rings is 2. The number of phenols is 1. The normalized spacial score (nSPS) is 11.2. The second kappa shape index (κ2) is 7.26. The average Bonchev–Trinajstić information content (AvgIpc) is 3.01. The minimum absolute atomic E-state index is 0.0553. The maximum atomic E-state index is 12.1. The molecule has 26 heavy (non-hydrogen) atoms. The number of aromatic hydroxyl groups is 1. The van der Waals surface area contributed by atoms with E-state index in [9.17, 15) is 20.0 Å². The molecule has 0 atom stereocenters. The third kappa shape index (κ3) is 3.75. The highest BCUT2D eigenvalue weighted by atomic mass is 79.9. The largest absolute Gasteiger partial charge is 0.506 e. The summed E-state index contributed by atoms with van der Waals surface area (Å²) in [5, 5.41) is 25.2. The Morgan fingerprint density at radius 1 is 1.27 bits per heavy atom. The Hall–Kier alpha value is -2.72. The van der Waals surface area contributed by atoms with Gasteiger partial charge in [-0.2, -0.15) is 5.10 Å². The fourth-order valence-electron chi connectivity index (χ4n) is 2.15. The lowest BCUT2D eigenvalue weighted by Crippen LogP contribution is -2.16. The van der Waals surface area contributed by atoms with Gasteiger partial charge < -0.3 is 9.52 Å². The molecule has 10 heteroatoms. The fraction of sp³-hybridized carbons (Fsp3) is 0. The lowest BCUT2D eigenvalue weighted by atomic mass is 10.2. The number of carbonyl (C=O) groups is 1. The molecule has 132 valence electrons. The van der Waals surface area contributed by atoms with Crippen LogP contribution in [0.3, 0.4) is 0 Å². The van der Waals surface area contributed by atoms with Gasteiger partial charge in [-0.1, -0.05) is 15.9 Å². The van der Waals surface area contributed by atoms with Gasteiger partial charge in [0, 0.05) is 27.6 Å². The number of nitro groups is 1. The summed E-state index contributed by atoms with van der Waals surface area (Å²) in [6.45, 7) is 0. The first-order valence-electron chi connectivity index (χ1n) is 7.04. The van der Waals surface area contributed by atoms with Gasteiger partial charge in [0.1, 0.15) is 11.3 Å². The molecule has 1 amide bonds. The van der Waals surface area contributed by atoms with Crippen molar-refractivity contribution in [2.24, 2.45) is 5.10 Å². The van der Waals surface area contributed by atoms with Gasteiger partial charge in [0.05, 0.1) is 15.6 Å². The molecule has 0 spiro atoms. The number of rotatable bonds is 4. The van der Waals surface area contributed by atoms with Crippen LogP contribution in [0.2, 0.25) is 0 Å². The number of fused-ring (bicyclic) bond motifs is 1. The van der Waals surface area contributed by atoms with E-state index in [1.165, 1.54) is 0 Å². The van der Waals surface area contributed by atoms with Crippen LogP contribution in [0.5, 0.6) is 5.75 Å². The molecule has 8 nitrogen and oxygen atoms in total. The lowest BCUT2D eigenvalue weighted by molar-refractivity contribution is -0.385. The van der Waals surface area contributed by atoms with E-state index < -0.39 is 10.8 Å². The molecule has 2 N–H and O–H groups in total. The van der Waals surface area contributed by atoms with Crippen LogP contribution in [0.25, 0.3) is 11.0 Å². The van der Waals surface area contributed by atoms with Crippen molar-refractivity contribution in [2.45, 2.75) is 0 Å². The third-order valence-electron chi connectivity index (χ3n) is 3.36. The molecule has 1 aromatic heterocycles. The van der Waals surface area contributed by atoms with Crippen LogP contribution < -0.4 is 5.43 Å². The number of halogens is 2. The maximum Gasteiger partial charge on any atom is 0.307 e. The number of amides is 1. The number of carbonyl (C=O) groups excluding carboxylic acids is 1. The second-order valence-corrected chi connectivity index (χ2v) is 6.88. The van der Waals surface area contributed by atoms with Crippen molar-refractivity contribution in [2.75, 3.05) is 0 Å². The number of phenolic OH excluding ortho intramolecular Hbond substituents is 1. The number of hydrogen-bond donors (Lipinski definition) is 2. The van der Waals surface area contributed by atoms with Crippen LogP contribution in [-0.2, 0) is 0 Å². The minimum Gasteiger partial charge on any atom is -0.506 e. The smallest absolute Gasteiger partial charge is 0.307 e. The quantitative estimate of drug-likeness (QED) is 0.326. The number of nitrogens with zero attached hydrogens (tertiary/aromatic N) is 2. The zero-order chi connectivity index (χ0) is 18.8. The average molecular weight is 483 g/mol. The first kappa shape index (κ1) is 18.1. The van der Waals surface area contributed by atoms with E-state index in [1.54, 1.807) is 24.3 Å². The van der Waals surface area contributed by atoms with Crippen LogP contribution in [0.4, 0.5) is 5.69 Å². The van der Waals surface area contributed by atoms with E-state index in [2.05, 4.69) is 42.4 Å². The first-order chi connectivity index (χ1) is 12.3. The molecule has 0 radical (unpaired) electrons. The number of hydrazone groups is 1. The van der Waals surface area contributed by atoms with Crippen molar-refractivity contribution >= 4 is 60.6 Å². The third-order valence-corrected chi connectivity index (χ3v) is 4.46. The minimum atomic E-state index is -0.605. The van der Waals surface area contributed by atoms with Gasteiger partial charge in [0.25, 0.3) is 5.69 Å². The predicted molar refractivity (Wildman–Crippen MR) is 101 cm³/mol. The summed E-state index contributed by atoms with van der Waals surface area (Å²) in [6, 6.07) is 9.17. The van der Waals surface area contributed by atoms with Crippen LogP contribution in [0.15, 0.2) is 54.9 Å². The summed E-state index contributed by atoms with van der Waals surface area (Å²) < 4.78 is 6.42. The molecule has 0 aliphatic carbocycles. The lowest BCUT2D eigenvalue weighted by Gasteiger charge is -2.02.